The van der Waals surface area contributed by atoms with E-state index in [1.807, 2.05) is 0 Å². The molecule has 0 aliphatic heterocycles. The molecule has 0 aromatic carbocycles. The third kappa shape index (κ3) is 2.62. The third-order valence-electron chi connectivity index (χ3n) is 8.80. The highest BCUT2D eigenvalue weighted by Gasteiger charge is 2.69. The van der Waals surface area contributed by atoms with Gasteiger partial charge < -0.3 is 9.47 Å². The molecule has 0 saturated heterocycles. The first-order valence-corrected chi connectivity index (χ1v) is 10.3. The minimum Gasteiger partial charge on any atom is -0.469 e. The van der Waals surface area contributed by atoms with Crippen LogP contribution in [0.25, 0.3) is 0 Å². The van der Waals surface area contributed by atoms with Crippen molar-refractivity contribution >= 4 is 11.9 Å². The maximum Gasteiger partial charge on any atom is 0.310 e. The fourth-order valence-electron chi connectivity index (χ4n) is 6.90. The van der Waals surface area contributed by atoms with Crippen molar-refractivity contribution in [3.63, 3.8) is 0 Å². The average molecular weight is 365 g/mol. The van der Waals surface area contributed by atoms with Gasteiger partial charge >= 0.3 is 11.9 Å². The Morgan fingerprint density at radius 3 is 2.19 bits per heavy atom. The smallest absolute Gasteiger partial charge is 0.310 e. The lowest BCUT2D eigenvalue weighted by Crippen LogP contribution is -2.48. The van der Waals surface area contributed by atoms with Gasteiger partial charge in [-0.25, -0.2) is 0 Å². The zero-order valence-electron chi connectivity index (χ0n) is 17.6. The number of hydrogen-bond donors (Lipinski definition) is 0. The van der Waals surface area contributed by atoms with Gasteiger partial charge in [-0.1, -0.05) is 34.6 Å². The minimum absolute atomic E-state index is 0.188. The van der Waals surface area contributed by atoms with Crippen molar-refractivity contribution in [1.82, 2.24) is 0 Å². The van der Waals surface area contributed by atoms with Crippen LogP contribution in [0.5, 0.6) is 0 Å². The van der Waals surface area contributed by atoms with E-state index >= 15 is 0 Å². The summed E-state index contributed by atoms with van der Waals surface area (Å²) < 4.78 is 11.0. The zero-order valence-corrected chi connectivity index (χ0v) is 17.6. The maximum atomic E-state index is 12.8. The number of hydrogen-bond acceptors (Lipinski definition) is 4. The molecular weight excluding hydrogens is 328 g/mol. The highest BCUT2D eigenvalue weighted by atomic mass is 16.6. The second kappa shape index (κ2) is 6.24. The number of methoxy groups -OCH3 is 1. The molecule has 0 N–H and O–H groups in total. The predicted molar refractivity (Wildman–Crippen MR) is 100 cm³/mol. The van der Waals surface area contributed by atoms with Gasteiger partial charge in [0.2, 0.25) is 0 Å². The zero-order chi connectivity index (χ0) is 19.5. The molecule has 148 valence electrons. The molecule has 3 aliphatic rings. The summed E-state index contributed by atoms with van der Waals surface area (Å²) in [5.74, 6) is 0.312. The normalized spacial score (nSPS) is 42.7. The van der Waals surface area contributed by atoms with Gasteiger partial charge in [-0.15, -0.1) is 0 Å². The van der Waals surface area contributed by atoms with Crippen LogP contribution in [-0.2, 0) is 19.1 Å². The Bertz CT molecular complexity index is 597. The SMILES string of the molecule is COC(=O)C(C)C(C)C(=O)O[C@]1(C)CCC23C[C@@H]1C(C)(C)C2CCC3C. The molecule has 5 unspecified atom stereocenters. The van der Waals surface area contributed by atoms with E-state index in [1.54, 1.807) is 13.8 Å². The molecule has 4 heteroatoms. The summed E-state index contributed by atoms with van der Waals surface area (Å²) in [6.45, 7) is 12.8. The van der Waals surface area contributed by atoms with E-state index in [-0.39, 0.29) is 17.4 Å². The van der Waals surface area contributed by atoms with E-state index in [0.717, 1.165) is 24.7 Å². The van der Waals surface area contributed by atoms with Gasteiger partial charge in [-0.3, -0.25) is 9.59 Å². The Hall–Kier alpha value is -1.06. The van der Waals surface area contributed by atoms with E-state index in [0.29, 0.717) is 11.3 Å². The molecule has 0 heterocycles. The topological polar surface area (TPSA) is 52.6 Å². The molecular formula is C22H36O4. The van der Waals surface area contributed by atoms with Crippen LogP contribution in [0, 0.1) is 40.4 Å². The minimum atomic E-state index is -0.488. The highest BCUT2D eigenvalue weighted by Crippen LogP contribution is 2.73. The summed E-state index contributed by atoms with van der Waals surface area (Å²) in [6.07, 6.45) is 5.92. The van der Waals surface area contributed by atoms with Gasteiger partial charge in [0.25, 0.3) is 0 Å². The van der Waals surface area contributed by atoms with Gasteiger partial charge in [0.15, 0.2) is 0 Å². The summed E-state index contributed by atoms with van der Waals surface area (Å²) >= 11 is 0. The number of carbonyl (C=O) groups is 2. The fourth-order valence-corrected chi connectivity index (χ4v) is 6.90. The van der Waals surface area contributed by atoms with E-state index in [9.17, 15) is 9.59 Å². The van der Waals surface area contributed by atoms with Crippen molar-refractivity contribution in [2.75, 3.05) is 7.11 Å². The molecule has 7 atom stereocenters. The van der Waals surface area contributed by atoms with Gasteiger partial charge in [0.05, 0.1) is 18.9 Å². The molecule has 4 nitrogen and oxygen atoms in total. The molecule has 26 heavy (non-hydrogen) atoms. The quantitative estimate of drug-likeness (QED) is 0.684. The number of fused-ring (bicyclic) bond motifs is 1. The third-order valence-corrected chi connectivity index (χ3v) is 8.80. The van der Waals surface area contributed by atoms with Gasteiger partial charge in [0, 0.05) is 5.92 Å². The first kappa shape index (κ1) is 19.7. The lowest BCUT2D eigenvalue weighted by atomic mass is 9.64. The number of rotatable bonds is 4. The first-order valence-electron chi connectivity index (χ1n) is 10.3. The highest BCUT2D eigenvalue weighted by molar-refractivity contribution is 5.81. The van der Waals surface area contributed by atoms with Crippen LogP contribution < -0.4 is 0 Å². The Balaban J connectivity index is 1.79. The summed E-state index contributed by atoms with van der Waals surface area (Å²) in [5.41, 5.74) is 0.207. The van der Waals surface area contributed by atoms with Crippen LogP contribution in [-0.4, -0.2) is 24.6 Å². The summed E-state index contributed by atoms with van der Waals surface area (Å²) in [7, 11) is 1.36. The van der Waals surface area contributed by atoms with Gasteiger partial charge in [0.1, 0.15) is 5.60 Å². The Labute approximate surface area is 158 Å². The summed E-state index contributed by atoms with van der Waals surface area (Å²) in [4.78, 5) is 24.6. The lowest BCUT2D eigenvalue weighted by molar-refractivity contribution is -0.182. The van der Waals surface area contributed by atoms with Crippen molar-refractivity contribution < 1.29 is 19.1 Å². The van der Waals surface area contributed by atoms with Gasteiger partial charge in [-0.05, 0) is 61.7 Å². The Morgan fingerprint density at radius 1 is 0.962 bits per heavy atom. The Kier molecular flexibility index (Phi) is 4.73. The van der Waals surface area contributed by atoms with E-state index in [2.05, 4.69) is 27.7 Å². The molecule has 3 fully saturated rings. The van der Waals surface area contributed by atoms with Crippen molar-refractivity contribution in [3.8, 4) is 0 Å². The van der Waals surface area contributed by atoms with Crippen LogP contribution >= 0.6 is 0 Å². The second-order valence-electron chi connectivity index (χ2n) is 10.2. The van der Waals surface area contributed by atoms with E-state index < -0.39 is 17.4 Å². The number of ether oxygens (including phenoxy) is 2. The predicted octanol–water partition coefficient (Wildman–Crippen LogP) is 4.61. The molecule has 3 aliphatic carbocycles. The van der Waals surface area contributed by atoms with E-state index in [4.69, 9.17) is 9.47 Å². The maximum absolute atomic E-state index is 12.8. The van der Waals surface area contributed by atoms with Crippen LogP contribution in [0.4, 0.5) is 0 Å². The van der Waals surface area contributed by atoms with Crippen LogP contribution in [0.3, 0.4) is 0 Å². The second-order valence-corrected chi connectivity index (χ2v) is 10.2. The van der Waals surface area contributed by atoms with Crippen LogP contribution in [0.1, 0.15) is 73.6 Å². The van der Waals surface area contributed by atoms with E-state index in [1.165, 1.54) is 26.4 Å². The first-order chi connectivity index (χ1) is 12.0. The molecule has 1 spiro atoms. The monoisotopic (exact) mass is 364 g/mol. The lowest BCUT2D eigenvalue weighted by Gasteiger charge is -2.47. The molecule has 0 radical (unpaired) electrons. The van der Waals surface area contributed by atoms with Crippen molar-refractivity contribution in [3.05, 3.63) is 0 Å². The standard InChI is InChI=1S/C22H36O4/c1-13-8-9-16-20(4,5)17-12-22(13,16)11-10-21(17,6)26-19(24)15(3)14(2)18(23)25-7/h13-17H,8-12H2,1-7H3/t13?,14?,15?,16?,17-,21-,22?/m1/s1. The van der Waals surface area contributed by atoms with Crippen molar-refractivity contribution in [2.45, 2.75) is 79.2 Å². The van der Waals surface area contributed by atoms with Crippen LogP contribution in [0.15, 0.2) is 0 Å². The molecule has 3 saturated carbocycles. The van der Waals surface area contributed by atoms with Crippen molar-refractivity contribution in [1.29, 1.82) is 0 Å². The fraction of sp³-hybridized carbons (Fsp3) is 0.909. The Morgan fingerprint density at radius 2 is 1.58 bits per heavy atom. The number of carbonyl (C=O) groups excluding carboxylic acids is 2. The van der Waals surface area contributed by atoms with Gasteiger partial charge in [-0.2, -0.15) is 0 Å². The molecule has 0 amide bonds. The molecule has 0 aromatic heterocycles. The average Bonchev–Trinajstić information content (AvgIpc) is 3.01. The molecule has 0 aromatic rings. The van der Waals surface area contributed by atoms with Crippen LogP contribution in [0.2, 0.25) is 0 Å². The summed E-state index contributed by atoms with van der Waals surface area (Å²) in [5, 5.41) is 0. The summed E-state index contributed by atoms with van der Waals surface area (Å²) in [6, 6.07) is 0. The van der Waals surface area contributed by atoms with Crippen molar-refractivity contribution in [2.24, 2.45) is 40.4 Å². The molecule has 2 bridgehead atoms. The largest absolute Gasteiger partial charge is 0.469 e. The number of esters is 2. The molecule has 3 rings (SSSR count).